The fourth-order valence-electron chi connectivity index (χ4n) is 2.01. The predicted molar refractivity (Wildman–Crippen MR) is 74.0 cm³/mol. The van der Waals surface area contributed by atoms with E-state index in [0.717, 1.165) is 17.7 Å². The summed E-state index contributed by atoms with van der Waals surface area (Å²) in [5.74, 6) is 0.626. The molecule has 0 N–H and O–H groups in total. The minimum absolute atomic E-state index is 0.208. The average Bonchev–Trinajstić information content (AvgIpc) is 2.96. The highest BCUT2D eigenvalue weighted by Gasteiger charge is 2.30. The van der Waals surface area contributed by atoms with Gasteiger partial charge in [-0.15, -0.1) is 10.2 Å². The lowest BCUT2D eigenvalue weighted by atomic mass is 10.1. The molecular weight excluding hydrogens is 293 g/mol. The molecule has 0 atom stereocenters. The van der Waals surface area contributed by atoms with E-state index in [0.29, 0.717) is 17.9 Å². The maximum absolute atomic E-state index is 12.5. The van der Waals surface area contributed by atoms with Crippen molar-refractivity contribution in [3.05, 3.63) is 71.6 Å². The van der Waals surface area contributed by atoms with Crippen LogP contribution in [0.4, 0.5) is 13.2 Å². The van der Waals surface area contributed by atoms with Crippen LogP contribution in [0.1, 0.15) is 17.0 Å². The van der Waals surface area contributed by atoms with Gasteiger partial charge in [-0.1, -0.05) is 30.3 Å². The van der Waals surface area contributed by atoms with E-state index >= 15 is 0 Å². The molecule has 0 unspecified atom stereocenters. The van der Waals surface area contributed by atoms with E-state index in [9.17, 15) is 13.2 Å². The van der Waals surface area contributed by atoms with Crippen molar-refractivity contribution < 1.29 is 17.6 Å². The molecule has 22 heavy (non-hydrogen) atoms. The number of hydrogen-bond acceptors (Lipinski definition) is 3. The molecule has 1 heterocycles. The molecule has 0 aliphatic carbocycles. The number of rotatable bonds is 3. The van der Waals surface area contributed by atoms with Gasteiger partial charge in [0.15, 0.2) is 0 Å². The van der Waals surface area contributed by atoms with Gasteiger partial charge in [-0.05, 0) is 29.8 Å². The van der Waals surface area contributed by atoms with E-state index < -0.39 is 11.7 Å². The first kappa shape index (κ1) is 14.3. The second kappa shape index (κ2) is 5.63. The van der Waals surface area contributed by atoms with Gasteiger partial charge in [-0.2, -0.15) is 13.2 Å². The summed E-state index contributed by atoms with van der Waals surface area (Å²) in [5, 5.41) is 7.80. The maximum Gasteiger partial charge on any atom is 0.416 e. The Hall–Kier alpha value is -2.63. The van der Waals surface area contributed by atoms with Gasteiger partial charge in [0, 0.05) is 5.56 Å². The zero-order chi connectivity index (χ0) is 15.6. The van der Waals surface area contributed by atoms with E-state index in [-0.39, 0.29) is 5.89 Å². The van der Waals surface area contributed by atoms with Crippen LogP contribution >= 0.6 is 0 Å². The van der Waals surface area contributed by atoms with Crippen LogP contribution in [0.5, 0.6) is 0 Å². The van der Waals surface area contributed by atoms with Crippen LogP contribution < -0.4 is 0 Å². The highest BCUT2D eigenvalue weighted by atomic mass is 19.4. The molecule has 1 aromatic heterocycles. The Morgan fingerprint density at radius 3 is 2.18 bits per heavy atom. The van der Waals surface area contributed by atoms with Crippen LogP contribution in [-0.4, -0.2) is 10.2 Å². The number of alkyl halides is 3. The molecule has 0 aliphatic rings. The number of hydrogen-bond donors (Lipinski definition) is 0. The first-order valence-electron chi connectivity index (χ1n) is 6.56. The minimum Gasteiger partial charge on any atom is -0.420 e. The van der Waals surface area contributed by atoms with Gasteiger partial charge in [0.25, 0.3) is 0 Å². The molecule has 0 aliphatic heterocycles. The van der Waals surface area contributed by atoms with Gasteiger partial charge in [-0.25, -0.2) is 0 Å². The molecule has 3 aromatic rings. The highest BCUT2D eigenvalue weighted by molar-refractivity contribution is 5.53. The molecule has 6 heteroatoms. The molecule has 0 amide bonds. The highest BCUT2D eigenvalue weighted by Crippen LogP contribution is 2.30. The molecular formula is C16H11F3N2O. The predicted octanol–water partition coefficient (Wildman–Crippen LogP) is 4.35. The summed E-state index contributed by atoms with van der Waals surface area (Å²) < 4.78 is 43.0. The Balaban J connectivity index is 1.79. The summed E-state index contributed by atoms with van der Waals surface area (Å²) in [6, 6.07) is 14.2. The summed E-state index contributed by atoms with van der Waals surface area (Å²) in [4.78, 5) is 0. The van der Waals surface area contributed by atoms with Crippen molar-refractivity contribution in [3.63, 3.8) is 0 Å². The Bertz CT molecular complexity index is 749. The Kier molecular flexibility index (Phi) is 3.66. The molecule has 0 saturated heterocycles. The molecule has 0 bridgehead atoms. The molecule has 0 fully saturated rings. The van der Waals surface area contributed by atoms with Gasteiger partial charge in [0.1, 0.15) is 0 Å². The normalized spacial score (nSPS) is 11.6. The number of aromatic nitrogens is 2. The third-order valence-electron chi connectivity index (χ3n) is 3.12. The Labute approximate surface area is 124 Å². The standard InChI is InChI=1S/C16H11F3N2O/c17-16(18,19)13-8-6-12(7-9-13)15-21-20-14(22-15)10-11-4-2-1-3-5-11/h1-9H,10H2. The zero-order valence-corrected chi connectivity index (χ0v) is 11.3. The lowest BCUT2D eigenvalue weighted by Gasteiger charge is -2.05. The van der Waals surface area contributed by atoms with Gasteiger partial charge in [-0.3, -0.25) is 0 Å². The van der Waals surface area contributed by atoms with Crippen LogP contribution in [0.15, 0.2) is 59.0 Å². The minimum atomic E-state index is -4.36. The number of benzene rings is 2. The lowest BCUT2D eigenvalue weighted by molar-refractivity contribution is -0.137. The molecule has 112 valence electrons. The Morgan fingerprint density at radius 2 is 1.55 bits per heavy atom. The Morgan fingerprint density at radius 1 is 0.864 bits per heavy atom. The lowest BCUT2D eigenvalue weighted by Crippen LogP contribution is -2.03. The van der Waals surface area contributed by atoms with Crippen LogP contribution in [0.2, 0.25) is 0 Å². The number of halogens is 3. The van der Waals surface area contributed by atoms with Crippen molar-refractivity contribution in [3.8, 4) is 11.5 Å². The molecule has 0 spiro atoms. The molecule has 2 aromatic carbocycles. The van der Waals surface area contributed by atoms with Crippen molar-refractivity contribution in [2.75, 3.05) is 0 Å². The second-order valence-corrected chi connectivity index (χ2v) is 4.74. The van der Waals surface area contributed by atoms with E-state index in [4.69, 9.17) is 4.42 Å². The number of nitrogens with zero attached hydrogens (tertiary/aromatic N) is 2. The molecule has 3 nitrogen and oxygen atoms in total. The van der Waals surface area contributed by atoms with Crippen LogP contribution in [0.3, 0.4) is 0 Å². The van der Waals surface area contributed by atoms with E-state index in [2.05, 4.69) is 10.2 Å². The van der Waals surface area contributed by atoms with Crippen LogP contribution in [-0.2, 0) is 12.6 Å². The molecule has 3 rings (SSSR count). The summed E-state index contributed by atoms with van der Waals surface area (Å²) in [7, 11) is 0. The van der Waals surface area contributed by atoms with Crippen LogP contribution in [0, 0.1) is 0 Å². The van der Waals surface area contributed by atoms with E-state index in [1.54, 1.807) is 0 Å². The monoisotopic (exact) mass is 304 g/mol. The topological polar surface area (TPSA) is 38.9 Å². The summed E-state index contributed by atoms with van der Waals surface area (Å²) in [6.07, 6.45) is -3.87. The van der Waals surface area contributed by atoms with Crippen molar-refractivity contribution >= 4 is 0 Å². The van der Waals surface area contributed by atoms with Crippen molar-refractivity contribution in [1.29, 1.82) is 0 Å². The third kappa shape index (κ3) is 3.16. The quantitative estimate of drug-likeness (QED) is 0.722. The van der Waals surface area contributed by atoms with Gasteiger partial charge < -0.3 is 4.42 Å². The van der Waals surface area contributed by atoms with Gasteiger partial charge in [0.05, 0.1) is 12.0 Å². The van der Waals surface area contributed by atoms with Gasteiger partial charge >= 0.3 is 6.18 Å². The fraction of sp³-hybridized carbons (Fsp3) is 0.125. The van der Waals surface area contributed by atoms with Crippen molar-refractivity contribution in [2.24, 2.45) is 0 Å². The van der Waals surface area contributed by atoms with E-state index in [1.165, 1.54) is 12.1 Å². The second-order valence-electron chi connectivity index (χ2n) is 4.74. The average molecular weight is 304 g/mol. The maximum atomic E-state index is 12.5. The van der Waals surface area contributed by atoms with Crippen molar-refractivity contribution in [2.45, 2.75) is 12.6 Å². The fourth-order valence-corrected chi connectivity index (χ4v) is 2.01. The SMILES string of the molecule is FC(F)(F)c1ccc(-c2nnc(Cc3ccccc3)o2)cc1. The van der Waals surface area contributed by atoms with E-state index in [1.807, 2.05) is 30.3 Å². The molecule has 0 saturated carbocycles. The summed E-state index contributed by atoms with van der Waals surface area (Å²) in [6.45, 7) is 0. The zero-order valence-electron chi connectivity index (χ0n) is 11.3. The summed E-state index contributed by atoms with van der Waals surface area (Å²) in [5.41, 5.74) is 0.769. The largest absolute Gasteiger partial charge is 0.420 e. The first-order chi connectivity index (χ1) is 10.5. The van der Waals surface area contributed by atoms with Crippen LogP contribution in [0.25, 0.3) is 11.5 Å². The van der Waals surface area contributed by atoms with Gasteiger partial charge in [0.2, 0.25) is 11.8 Å². The summed E-state index contributed by atoms with van der Waals surface area (Å²) >= 11 is 0. The first-order valence-corrected chi connectivity index (χ1v) is 6.56. The molecule has 0 radical (unpaired) electrons. The smallest absolute Gasteiger partial charge is 0.416 e. The van der Waals surface area contributed by atoms with Crippen molar-refractivity contribution in [1.82, 2.24) is 10.2 Å². The third-order valence-corrected chi connectivity index (χ3v) is 3.12.